The van der Waals surface area contributed by atoms with Crippen molar-refractivity contribution in [3.05, 3.63) is 65.2 Å². The summed E-state index contributed by atoms with van der Waals surface area (Å²) in [6.45, 7) is 13.8. The van der Waals surface area contributed by atoms with Gasteiger partial charge < -0.3 is 48.1 Å². The van der Waals surface area contributed by atoms with Crippen LogP contribution in [0.2, 0.25) is 0 Å². The number of benzene rings is 2. The molecular formula is C39H60N3O11P+2. The molecule has 15 heteroatoms. The molecule has 0 aromatic heterocycles. The van der Waals surface area contributed by atoms with Gasteiger partial charge in [-0.25, -0.2) is 13.9 Å². The number of β-amino-alcohol motifs (C(OH)–C–C–N with tert-alkyl or cyclic N) is 1. The summed E-state index contributed by atoms with van der Waals surface area (Å²) in [5, 5.41) is 14.3. The number of esters is 2. The number of likely N-dealkylation sites (N-methyl/N-ethyl adjacent to an activating group) is 2. The molecule has 0 amide bonds. The van der Waals surface area contributed by atoms with Crippen molar-refractivity contribution in [1.29, 1.82) is 0 Å². The number of phosphoric ester groups is 1. The van der Waals surface area contributed by atoms with Crippen LogP contribution in [0.15, 0.2) is 48.5 Å². The summed E-state index contributed by atoms with van der Waals surface area (Å²) >= 11 is 0. The van der Waals surface area contributed by atoms with Gasteiger partial charge in [0.15, 0.2) is 13.3 Å². The Morgan fingerprint density at radius 1 is 1.02 bits per heavy atom. The molecule has 14 nitrogen and oxygen atoms in total. The largest absolute Gasteiger partial charge is 0.472 e. The van der Waals surface area contributed by atoms with Gasteiger partial charge >= 0.3 is 19.8 Å². The molecule has 3 aliphatic heterocycles. The highest BCUT2D eigenvalue weighted by molar-refractivity contribution is 7.46. The number of fused-ring (bicyclic) bond motifs is 5. The van der Waals surface area contributed by atoms with Crippen LogP contribution in [-0.2, 0) is 39.4 Å². The van der Waals surface area contributed by atoms with Crippen molar-refractivity contribution in [2.45, 2.75) is 109 Å². The summed E-state index contributed by atoms with van der Waals surface area (Å²) in [7, 11) is -2.50. The van der Waals surface area contributed by atoms with Crippen molar-refractivity contribution < 1.29 is 61.5 Å². The summed E-state index contributed by atoms with van der Waals surface area (Å²) in [5.41, 5.74) is 1.70. The second-order valence-corrected chi connectivity index (χ2v) is 17.5. The minimum Gasteiger partial charge on any atom is -0.466 e. The van der Waals surface area contributed by atoms with Gasteiger partial charge in [0.1, 0.15) is 55.2 Å². The number of morpholine rings is 1. The molecule has 300 valence electrons. The number of aliphatic hydroxyl groups excluding tert-OH is 1. The molecule has 0 saturated carbocycles. The number of rotatable bonds is 19. The predicted octanol–water partition coefficient (Wildman–Crippen LogP) is 3.93. The first-order valence-corrected chi connectivity index (χ1v) is 20.6. The molecule has 4 N–H and O–H groups in total. The van der Waals surface area contributed by atoms with E-state index in [0.717, 1.165) is 23.9 Å². The van der Waals surface area contributed by atoms with Gasteiger partial charge in [-0.3, -0.25) is 4.79 Å². The molecule has 2 bridgehead atoms. The Hall–Kier alpha value is -2.91. The van der Waals surface area contributed by atoms with Crippen molar-refractivity contribution >= 4 is 19.8 Å². The molecule has 2 aromatic carbocycles. The van der Waals surface area contributed by atoms with Gasteiger partial charge in [0.05, 0.1) is 32.8 Å². The first kappa shape index (κ1) is 42.2. The molecule has 6 unspecified atom stereocenters. The smallest absolute Gasteiger partial charge is 0.466 e. The van der Waals surface area contributed by atoms with Crippen LogP contribution in [0, 0.1) is 0 Å². The van der Waals surface area contributed by atoms with Gasteiger partial charge in [0.25, 0.3) is 0 Å². The number of carbonyl (C=O) groups excluding carboxylic acids is 2. The maximum Gasteiger partial charge on any atom is 0.472 e. The number of quaternary nitrogens is 2. The minimum atomic E-state index is -4.78. The number of phosphoric acid groups is 1. The zero-order chi connectivity index (χ0) is 39.5. The van der Waals surface area contributed by atoms with Gasteiger partial charge in [0, 0.05) is 30.5 Å². The van der Waals surface area contributed by atoms with Crippen molar-refractivity contribution in [2.75, 3.05) is 53.2 Å². The number of piperidine rings is 1. The maximum absolute atomic E-state index is 13.8. The van der Waals surface area contributed by atoms with E-state index in [9.17, 15) is 29.0 Å². The lowest BCUT2D eigenvalue weighted by molar-refractivity contribution is -0.954. The van der Waals surface area contributed by atoms with E-state index in [1.165, 1.54) is 0 Å². The van der Waals surface area contributed by atoms with Crippen molar-refractivity contribution in [3.63, 3.8) is 0 Å². The van der Waals surface area contributed by atoms with E-state index in [-0.39, 0.29) is 54.6 Å². The summed E-state index contributed by atoms with van der Waals surface area (Å²) in [5.74, 6) is -1.41. The Bertz CT molecular complexity index is 1630. The molecule has 8 atom stereocenters. The average molecular weight is 778 g/mol. The molecule has 0 spiro atoms. The highest BCUT2D eigenvalue weighted by Gasteiger charge is 2.71. The zero-order valence-electron chi connectivity index (χ0n) is 32.7. The van der Waals surface area contributed by atoms with Gasteiger partial charge in [-0.2, -0.15) is 0 Å². The van der Waals surface area contributed by atoms with Gasteiger partial charge in [-0.1, -0.05) is 36.4 Å². The van der Waals surface area contributed by atoms with E-state index < -0.39 is 38.6 Å². The lowest BCUT2D eigenvalue weighted by Crippen LogP contribution is -2.62. The first-order chi connectivity index (χ1) is 25.4. The van der Waals surface area contributed by atoms with Crippen LogP contribution in [0.25, 0.3) is 0 Å². The number of nitrogens with zero attached hydrogens (tertiary/aromatic N) is 2. The minimum absolute atomic E-state index is 0.0252. The fraction of sp³-hybridized carbons (Fsp3) is 0.641. The Labute approximate surface area is 319 Å². The molecular weight excluding hydrogens is 717 g/mol. The first-order valence-electron chi connectivity index (χ1n) is 19.1. The number of epoxide rings is 1. The van der Waals surface area contributed by atoms with E-state index in [1.54, 1.807) is 18.2 Å². The summed E-state index contributed by atoms with van der Waals surface area (Å²) < 4.78 is 40.7. The second-order valence-electron chi connectivity index (χ2n) is 16.2. The fourth-order valence-electron chi connectivity index (χ4n) is 8.19. The summed E-state index contributed by atoms with van der Waals surface area (Å²) in [4.78, 5) is 45.9. The van der Waals surface area contributed by atoms with E-state index in [4.69, 9.17) is 18.9 Å². The van der Waals surface area contributed by atoms with Crippen LogP contribution in [0.5, 0.6) is 5.75 Å². The SMILES string of the molecule is CC[N+](CC)(CC(=O)OCC(C(=O)OC1CC2[C@H]3O[C@H]3C(C1)[N+]2(C)CC)c1ccccc1)Cc1cc(C(O)CNC(C)(C)C)ccc1OCOP(=O)(O)O. The Morgan fingerprint density at radius 3 is 2.24 bits per heavy atom. The number of aliphatic hydroxyl groups is 1. The molecule has 0 aliphatic carbocycles. The molecule has 3 fully saturated rings. The quantitative estimate of drug-likeness (QED) is 0.0534. The van der Waals surface area contributed by atoms with Crippen molar-refractivity contribution in [2.24, 2.45) is 0 Å². The Kier molecular flexibility index (Phi) is 13.4. The van der Waals surface area contributed by atoms with Crippen LogP contribution >= 0.6 is 7.82 Å². The number of nitrogens with one attached hydrogen (secondary N) is 1. The highest BCUT2D eigenvalue weighted by atomic mass is 31.2. The maximum atomic E-state index is 13.8. The van der Waals surface area contributed by atoms with Crippen LogP contribution in [0.3, 0.4) is 0 Å². The number of hydrogen-bond donors (Lipinski definition) is 4. The topological polar surface area (TPSA) is 173 Å². The number of ether oxygens (including phenoxy) is 4. The molecule has 3 aliphatic rings. The predicted molar refractivity (Wildman–Crippen MR) is 200 cm³/mol. The van der Waals surface area contributed by atoms with Crippen LogP contribution in [0.1, 0.15) is 83.1 Å². The van der Waals surface area contributed by atoms with E-state index in [0.29, 0.717) is 47.6 Å². The van der Waals surface area contributed by atoms with Crippen LogP contribution < -0.4 is 10.1 Å². The zero-order valence-corrected chi connectivity index (χ0v) is 33.6. The Balaban J connectivity index is 1.28. The normalized spacial score (nSPS) is 26.1. The molecule has 3 heterocycles. The third-order valence-electron chi connectivity index (χ3n) is 11.7. The van der Waals surface area contributed by atoms with Crippen molar-refractivity contribution in [3.8, 4) is 5.75 Å². The molecule has 2 aromatic rings. The summed E-state index contributed by atoms with van der Waals surface area (Å²) in [6.07, 6.45) is 0.869. The van der Waals surface area contributed by atoms with Crippen molar-refractivity contribution in [1.82, 2.24) is 5.32 Å². The Morgan fingerprint density at radius 2 is 1.67 bits per heavy atom. The average Bonchev–Trinajstić information content (AvgIpc) is 3.89. The van der Waals surface area contributed by atoms with Gasteiger partial charge in [-0.05, 0) is 64.8 Å². The third-order valence-corrected chi connectivity index (χ3v) is 12.2. The molecule has 3 saturated heterocycles. The molecule has 5 rings (SSSR count). The lowest BCUT2D eigenvalue weighted by Gasteiger charge is -2.47. The standard InChI is InChI=1S/C39H58N3O11P/c1-8-41(7)31-19-29(20-32(41)37-36(31)53-37)52-38(45)30(26-14-12-11-13-15-26)24-49-35(44)23-42(9-2,10-3)22-28-18-27(33(43)21-40-39(4,5)6)16-17-34(28)50-25-51-54(46,47)48/h11-18,29-33,36-37,40,43H,8-10,19-25H2,1-7H3/p+2/t29?,30?,31?,32?,33?,36-,37+,41?. The monoisotopic (exact) mass is 777 g/mol. The third kappa shape index (κ3) is 10.3. The number of carbonyl (C=O) groups is 2. The molecule has 0 radical (unpaired) electrons. The second kappa shape index (κ2) is 17.1. The van der Waals surface area contributed by atoms with Crippen LogP contribution in [0.4, 0.5) is 0 Å². The molecule has 54 heavy (non-hydrogen) atoms. The van der Waals surface area contributed by atoms with E-state index in [1.807, 2.05) is 65.0 Å². The van der Waals surface area contributed by atoms with E-state index in [2.05, 4.69) is 23.8 Å². The number of hydrogen-bond acceptors (Lipinski definition) is 10. The fourth-order valence-corrected chi connectivity index (χ4v) is 8.38. The van der Waals surface area contributed by atoms with E-state index >= 15 is 0 Å². The van der Waals surface area contributed by atoms with Gasteiger partial charge in [0.2, 0.25) is 0 Å². The lowest BCUT2D eigenvalue weighted by atomic mass is 9.95. The van der Waals surface area contributed by atoms with Crippen LogP contribution in [-0.4, -0.2) is 125 Å². The van der Waals surface area contributed by atoms with Gasteiger partial charge in [-0.15, -0.1) is 0 Å². The highest BCUT2D eigenvalue weighted by Crippen LogP contribution is 2.52. The summed E-state index contributed by atoms with van der Waals surface area (Å²) in [6, 6.07) is 14.9.